The van der Waals surface area contributed by atoms with Crippen LogP contribution in [0.3, 0.4) is 0 Å². The lowest BCUT2D eigenvalue weighted by atomic mass is 10.0. The summed E-state index contributed by atoms with van der Waals surface area (Å²) in [5.41, 5.74) is 4.13. The molecule has 0 saturated heterocycles. The largest absolute Gasteiger partial charge is 0.497 e. The number of nitrogens with one attached hydrogen (secondary N) is 1. The van der Waals surface area contributed by atoms with Crippen LogP contribution in [-0.2, 0) is 11.7 Å². The maximum absolute atomic E-state index is 13.0. The second-order valence-corrected chi connectivity index (χ2v) is 8.29. The Morgan fingerprint density at radius 2 is 1.88 bits per heavy atom. The lowest BCUT2D eigenvalue weighted by molar-refractivity contribution is -0.146. The fourth-order valence-corrected chi connectivity index (χ4v) is 3.99. The monoisotopic (exact) mass is 458 g/mol. The molecule has 0 aliphatic heterocycles. The van der Waals surface area contributed by atoms with Crippen molar-refractivity contribution in [3.05, 3.63) is 52.9 Å². The normalized spacial score (nSPS) is 15.1. The summed E-state index contributed by atoms with van der Waals surface area (Å²) in [5.74, 6) is -0.0334. The molecule has 0 amide bonds. The number of hydrogen-bond acceptors (Lipinski definition) is 7. The van der Waals surface area contributed by atoms with Gasteiger partial charge in [0.1, 0.15) is 17.1 Å². The van der Waals surface area contributed by atoms with Crippen LogP contribution >= 0.6 is 0 Å². The fourth-order valence-electron chi connectivity index (χ4n) is 3.99. The van der Waals surface area contributed by atoms with Crippen molar-refractivity contribution in [2.24, 2.45) is 0 Å². The van der Waals surface area contributed by atoms with Gasteiger partial charge >= 0.3 is 6.18 Å². The van der Waals surface area contributed by atoms with Crippen LogP contribution in [0.4, 0.5) is 19.0 Å². The van der Waals surface area contributed by atoms with Crippen LogP contribution < -0.4 is 10.1 Å². The van der Waals surface area contributed by atoms with Gasteiger partial charge < -0.3 is 14.6 Å². The van der Waals surface area contributed by atoms with Gasteiger partial charge in [-0.2, -0.15) is 27.8 Å². The van der Waals surface area contributed by atoms with Crippen LogP contribution in [0.2, 0.25) is 0 Å². The lowest BCUT2D eigenvalue weighted by Gasteiger charge is -2.16. The number of fused-ring (bicyclic) bond motifs is 1. The first kappa shape index (κ1) is 21.2. The zero-order valence-electron chi connectivity index (χ0n) is 18.4. The van der Waals surface area contributed by atoms with Crippen LogP contribution in [0, 0.1) is 20.8 Å². The van der Waals surface area contributed by atoms with E-state index in [2.05, 4.69) is 20.6 Å². The van der Waals surface area contributed by atoms with Gasteiger partial charge in [-0.3, -0.25) is 0 Å². The quantitative estimate of drug-likeness (QED) is 0.458. The molecular formula is C22H21F3N6O2. The third-order valence-corrected chi connectivity index (χ3v) is 5.80. The molecule has 4 aromatic rings. The maximum Gasteiger partial charge on any atom is 0.455 e. The molecule has 33 heavy (non-hydrogen) atoms. The molecule has 1 aliphatic carbocycles. The molecule has 1 N–H and O–H groups in total. The van der Waals surface area contributed by atoms with Gasteiger partial charge in [0.15, 0.2) is 5.65 Å². The SMILES string of the molecule is COc1ccc(-c2c(C)nn3c(NC4(c5nc(C(F)(F)F)no5)CC4)cc(C)nc23)c(C)c1. The average molecular weight is 458 g/mol. The fraction of sp³-hybridized carbons (Fsp3) is 0.364. The molecular weight excluding hydrogens is 437 g/mol. The number of benzene rings is 1. The van der Waals surface area contributed by atoms with E-state index in [4.69, 9.17) is 14.2 Å². The van der Waals surface area contributed by atoms with E-state index in [0.29, 0.717) is 24.3 Å². The molecule has 1 aliphatic rings. The first-order chi connectivity index (χ1) is 15.6. The summed E-state index contributed by atoms with van der Waals surface area (Å²) in [6.45, 7) is 5.74. The molecule has 1 saturated carbocycles. The Hall–Kier alpha value is -3.63. The Morgan fingerprint density at radius 3 is 2.48 bits per heavy atom. The van der Waals surface area contributed by atoms with Crippen molar-refractivity contribution in [1.29, 1.82) is 0 Å². The number of hydrogen-bond donors (Lipinski definition) is 1. The van der Waals surface area contributed by atoms with Gasteiger partial charge in [0.25, 0.3) is 11.7 Å². The van der Waals surface area contributed by atoms with E-state index < -0.39 is 17.5 Å². The molecule has 0 radical (unpaired) electrons. The lowest BCUT2D eigenvalue weighted by Crippen LogP contribution is -2.22. The Balaban J connectivity index is 1.58. The first-order valence-electron chi connectivity index (χ1n) is 10.3. The van der Waals surface area contributed by atoms with Crippen LogP contribution in [0.15, 0.2) is 28.8 Å². The van der Waals surface area contributed by atoms with Gasteiger partial charge in [-0.05, 0) is 56.9 Å². The maximum atomic E-state index is 13.0. The van der Waals surface area contributed by atoms with E-state index in [0.717, 1.165) is 33.8 Å². The zero-order valence-corrected chi connectivity index (χ0v) is 18.4. The van der Waals surface area contributed by atoms with Crippen molar-refractivity contribution in [1.82, 2.24) is 24.7 Å². The van der Waals surface area contributed by atoms with E-state index >= 15 is 0 Å². The minimum Gasteiger partial charge on any atom is -0.497 e. The summed E-state index contributed by atoms with van der Waals surface area (Å²) in [5, 5.41) is 11.1. The Morgan fingerprint density at radius 1 is 1.12 bits per heavy atom. The van der Waals surface area contributed by atoms with Crippen molar-refractivity contribution in [2.45, 2.75) is 45.3 Å². The zero-order chi connectivity index (χ0) is 23.5. The minimum absolute atomic E-state index is 0.0902. The number of rotatable bonds is 5. The molecule has 0 atom stereocenters. The Labute approximate surface area is 186 Å². The summed E-state index contributed by atoms with van der Waals surface area (Å²) in [4.78, 5) is 8.30. The number of anilines is 1. The van der Waals surface area contributed by atoms with Crippen LogP contribution in [0.5, 0.6) is 5.75 Å². The van der Waals surface area contributed by atoms with E-state index in [1.165, 1.54) is 0 Å². The molecule has 0 bridgehead atoms. The molecule has 11 heteroatoms. The van der Waals surface area contributed by atoms with Crippen LogP contribution in [-0.4, -0.2) is 31.8 Å². The summed E-state index contributed by atoms with van der Waals surface area (Å²) in [7, 11) is 1.62. The second kappa shape index (κ2) is 7.19. The number of aryl methyl sites for hydroxylation is 3. The first-order valence-corrected chi connectivity index (χ1v) is 10.3. The molecule has 0 spiro atoms. The molecule has 8 nitrogen and oxygen atoms in total. The highest BCUT2D eigenvalue weighted by Gasteiger charge is 2.52. The van der Waals surface area contributed by atoms with E-state index in [9.17, 15) is 13.2 Å². The predicted molar refractivity (Wildman–Crippen MR) is 113 cm³/mol. The third-order valence-electron chi connectivity index (χ3n) is 5.80. The highest BCUT2D eigenvalue weighted by atomic mass is 19.4. The van der Waals surface area contributed by atoms with Gasteiger partial charge in [0.05, 0.1) is 12.8 Å². The van der Waals surface area contributed by atoms with E-state index in [1.807, 2.05) is 39.0 Å². The van der Waals surface area contributed by atoms with Crippen LogP contribution in [0.1, 0.15) is 41.5 Å². The minimum atomic E-state index is -4.66. The van der Waals surface area contributed by atoms with E-state index in [-0.39, 0.29) is 5.89 Å². The molecule has 1 fully saturated rings. The van der Waals surface area contributed by atoms with Crippen molar-refractivity contribution in [3.63, 3.8) is 0 Å². The second-order valence-electron chi connectivity index (χ2n) is 8.29. The summed E-state index contributed by atoms with van der Waals surface area (Å²) in [6.07, 6.45) is -3.55. The van der Waals surface area contributed by atoms with Crippen molar-refractivity contribution < 1.29 is 22.4 Å². The third kappa shape index (κ3) is 3.57. The Kier molecular flexibility index (Phi) is 4.62. The van der Waals surface area contributed by atoms with Crippen molar-refractivity contribution >= 4 is 11.5 Å². The summed E-state index contributed by atoms with van der Waals surface area (Å²) < 4.78 is 50.8. The van der Waals surface area contributed by atoms with Gasteiger partial charge in [0.2, 0.25) is 0 Å². The molecule has 172 valence electrons. The molecule has 5 rings (SSSR count). The highest BCUT2D eigenvalue weighted by Crippen LogP contribution is 2.48. The van der Waals surface area contributed by atoms with Crippen molar-refractivity contribution in [2.75, 3.05) is 12.4 Å². The number of aromatic nitrogens is 5. The summed E-state index contributed by atoms with van der Waals surface area (Å²) >= 11 is 0. The number of methoxy groups -OCH3 is 1. The predicted octanol–water partition coefficient (Wildman–Crippen LogP) is 4.83. The van der Waals surface area contributed by atoms with Gasteiger partial charge in [-0.25, -0.2) is 4.98 Å². The smallest absolute Gasteiger partial charge is 0.455 e. The number of nitrogens with zero attached hydrogens (tertiary/aromatic N) is 5. The number of ether oxygens (including phenoxy) is 1. The molecule has 1 aromatic carbocycles. The van der Waals surface area contributed by atoms with Gasteiger partial charge in [-0.1, -0.05) is 11.2 Å². The van der Waals surface area contributed by atoms with Gasteiger partial charge in [0, 0.05) is 17.3 Å². The topological polar surface area (TPSA) is 90.4 Å². The number of halogens is 3. The molecule has 3 heterocycles. The highest BCUT2D eigenvalue weighted by molar-refractivity contribution is 5.83. The van der Waals surface area contributed by atoms with Crippen molar-refractivity contribution in [3.8, 4) is 16.9 Å². The van der Waals surface area contributed by atoms with Crippen LogP contribution in [0.25, 0.3) is 16.8 Å². The molecule has 0 unspecified atom stereocenters. The van der Waals surface area contributed by atoms with Gasteiger partial charge in [-0.15, -0.1) is 0 Å². The molecule has 3 aromatic heterocycles. The Bertz CT molecular complexity index is 1370. The van der Waals surface area contributed by atoms with E-state index in [1.54, 1.807) is 17.7 Å². The summed E-state index contributed by atoms with van der Waals surface area (Å²) in [6, 6.07) is 7.59. The number of alkyl halides is 3. The standard InChI is InChI=1S/C22H21F3N6O2/c1-11-9-14(32-4)5-6-15(11)17-13(3)29-31-16(10-12(2)26-18(17)31)28-21(7-8-21)20-27-19(30-33-20)22(23,24)25/h5-6,9-10,28H,7-8H2,1-4H3. The average Bonchev–Trinajstić information content (AvgIpc) is 3.18.